The summed E-state index contributed by atoms with van der Waals surface area (Å²) in [6, 6.07) is 3.36. The zero-order valence-corrected chi connectivity index (χ0v) is 18.7. The molecule has 0 spiro atoms. The molecule has 1 aromatic heterocycles. The quantitative estimate of drug-likeness (QED) is 0.630. The number of carbonyl (C=O) groups excluding carboxylic acids is 1. The van der Waals surface area contributed by atoms with Crippen molar-refractivity contribution in [3.8, 4) is 17.2 Å². The van der Waals surface area contributed by atoms with E-state index >= 15 is 0 Å². The van der Waals surface area contributed by atoms with Crippen LogP contribution in [0.25, 0.3) is 0 Å². The van der Waals surface area contributed by atoms with E-state index in [4.69, 9.17) is 24.4 Å². The van der Waals surface area contributed by atoms with E-state index in [1.807, 2.05) is 13.8 Å². The van der Waals surface area contributed by atoms with Crippen molar-refractivity contribution in [3.63, 3.8) is 0 Å². The Labute approximate surface area is 183 Å². The number of ether oxygens (including phenoxy) is 3. The van der Waals surface area contributed by atoms with Crippen LogP contribution in [-0.4, -0.2) is 49.7 Å². The molecule has 0 saturated heterocycles. The van der Waals surface area contributed by atoms with E-state index < -0.39 is 0 Å². The largest absolute Gasteiger partial charge is 0.493 e. The first-order valence-electron chi connectivity index (χ1n) is 9.85. The van der Waals surface area contributed by atoms with E-state index in [0.29, 0.717) is 67.8 Å². The van der Waals surface area contributed by atoms with Gasteiger partial charge in [0.05, 0.1) is 27.4 Å². The fourth-order valence-electron chi connectivity index (χ4n) is 3.22. The lowest BCUT2D eigenvalue weighted by molar-refractivity contribution is 0.0727. The lowest BCUT2D eigenvalue weighted by Gasteiger charge is -2.26. The number of oxazole rings is 1. The molecule has 0 fully saturated rings. The average Bonchev–Trinajstić information content (AvgIpc) is 3.17. The summed E-state index contributed by atoms with van der Waals surface area (Å²) in [5, 5.41) is 0. The Morgan fingerprint density at radius 2 is 1.93 bits per heavy atom. The molecule has 3 rings (SSSR count). The first kappa shape index (κ1) is 23.8. The van der Waals surface area contributed by atoms with Gasteiger partial charge in [0.25, 0.3) is 5.91 Å². The van der Waals surface area contributed by atoms with Gasteiger partial charge in [-0.25, -0.2) is 4.98 Å². The maximum Gasteiger partial charge on any atom is 0.254 e. The van der Waals surface area contributed by atoms with Crippen LogP contribution in [0.1, 0.15) is 53.9 Å². The third-order valence-electron chi connectivity index (χ3n) is 4.83. The molecule has 1 aliphatic rings. The second-order valence-corrected chi connectivity index (χ2v) is 7.25. The van der Waals surface area contributed by atoms with Gasteiger partial charge in [-0.2, -0.15) is 0 Å². The van der Waals surface area contributed by atoms with Crippen LogP contribution in [0, 0.1) is 0 Å². The number of nitrogens with zero attached hydrogens (tertiary/aromatic N) is 2. The second-order valence-electron chi connectivity index (χ2n) is 7.25. The van der Waals surface area contributed by atoms with Crippen LogP contribution >= 0.6 is 12.4 Å². The van der Waals surface area contributed by atoms with E-state index in [1.54, 1.807) is 17.0 Å². The number of carbonyl (C=O) groups is 1. The minimum absolute atomic E-state index is 0. The van der Waals surface area contributed by atoms with E-state index in [-0.39, 0.29) is 24.2 Å². The first-order chi connectivity index (χ1) is 14.0. The molecule has 8 nitrogen and oxygen atoms in total. The summed E-state index contributed by atoms with van der Waals surface area (Å²) in [6.45, 7) is 6.03. The van der Waals surface area contributed by atoms with Crippen LogP contribution in [0.2, 0.25) is 0 Å². The summed E-state index contributed by atoms with van der Waals surface area (Å²) in [5.41, 5.74) is 6.83. The number of nitrogens with two attached hydrogens (primary N) is 1. The zero-order chi connectivity index (χ0) is 21.0. The first-order valence-corrected chi connectivity index (χ1v) is 9.85. The molecule has 30 heavy (non-hydrogen) atoms. The minimum Gasteiger partial charge on any atom is -0.493 e. The third kappa shape index (κ3) is 4.99. The predicted molar refractivity (Wildman–Crippen MR) is 115 cm³/mol. The van der Waals surface area contributed by atoms with Crippen LogP contribution in [0.4, 0.5) is 0 Å². The van der Waals surface area contributed by atoms with E-state index in [0.717, 1.165) is 11.5 Å². The fraction of sp³-hybridized carbons (Fsp3) is 0.524. The highest BCUT2D eigenvalue weighted by Gasteiger charge is 2.28. The van der Waals surface area contributed by atoms with E-state index in [1.165, 1.54) is 14.2 Å². The molecule has 0 unspecified atom stereocenters. The van der Waals surface area contributed by atoms with Crippen molar-refractivity contribution in [1.82, 2.24) is 9.88 Å². The van der Waals surface area contributed by atoms with Crippen molar-refractivity contribution in [2.24, 2.45) is 5.73 Å². The Morgan fingerprint density at radius 3 is 2.50 bits per heavy atom. The minimum atomic E-state index is -0.116. The topological polar surface area (TPSA) is 100 Å². The number of fused-ring (bicyclic) bond motifs is 1. The monoisotopic (exact) mass is 439 g/mol. The Balaban J connectivity index is 0.00000320. The standard InChI is InChI=1S/C21H29N3O5.ClH/c1-13(2)20-23-15-12-24(8-6-16(15)29-20)21(25)14-10-17(26-3)19(18(11-14)27-4)28-9-5-7-22;/h10-11,13H,5-9,12,22H2,1-4H3;1H. The molecule has 0 atom stereocenters. The van der Waals surface area contributed by atoms with Gasteiger partial charge in [-0.05, 0) is 25.1 Å². The molecule has 0 bridgehead atoms. The maximum absolute atomic E-state index is 13.2. The summed E-state index contributed by atoms with van der Waals surface area (Å²) in [5.74, 6) is 3.05. The Bertz CT molecular complexity index is 843. The maximum atomic E-state index is 13.2. The van der Waals surface area contributed by atoms with Gasteiger partial charge < -0.3 is 29.3 Å². The van der Waals surface area contributed by atoms with Crippen LogP contribution < -0.4 is 19.9 Å². The molecule has 0 radical (unpaired) electrons. The lowest BCUT2D eigenvalue weighted by Crippen LogP contribution is -2.35. The normalized spacial score (nSPS) is 12.9. The van der Waals surface area contributed by atoms with Crippen molar-refractivity contribution < 1.29 is 23.4 Å². The molecule has 2 N–H and O–H groups in total. The summed E-state index contributed by atoms with van der Waals surface area (Å²) in [4.78, 5) is 19.5. The third-order valence-corrected chi connectivity index (χ3v) is 4.83. The smallest absolute Gasteiger partial charge is 0.254 e. The summed E-state index contributed by atoms with van der Waals surface area (Å²) in [6.07, 6.45) is 1.36. The van der Waals surface area contributed by atoms with Crippen molar-refractivity contribution in [2.75, 3.05) is 33.9 Å². The summed E-state index contributed by atoms with van der Waals surface area (Å²) < 4.78 is 22.5. The zero-order valence-electron chi connectivity index (χ0n) is 17.9. The number of hydrogen-bond donors (Lipinski definition) is 1. The predicted octanol–water partition coefficient (Wildman–Crippen LogP) is 3.16. The molecule has 1 aromatic carbocycles. The van der Waals surface area contributed by atoms with Crippen molar-refractivity contribution in [3.05, 3.63) is 35.0 Å². The van der Waals surface area contributed by atoms with Gasteiger partial charge in [0.1, 0.15) is 11.5 Å². The Morgan fingerprint density at radius 1 is 1.27 bits per heavy atom. The van der Waals surface area contributed by atoms with Crippen LogP contribution in [0.15, 0.2) is 16.5 Å². The number of benzene rings is 1. The number of rotatable bonds is 8. The number of amides is 1. The van der Waals surface area contributed by atoms with Gasteiger partial charge in [-0.1, -0.05) is 13.8 Å². The number of methoxy groups -OCH3 is 2. The Kier molecular flexibility index (Phi) is 8.37. The van der Waals surface area contributed by atoms with E-state index in [9.17, 15) is 4.79 Å². The average molecular weight is 440 g/mol. The number of aromatic nitrogens is 1. The Hall–Kier alpha value is -2.45. The highest BCUT2D eigenvalue weighted by molar-refractivity contribution is 5.95. The van der Waals surface area contributed by atoms with Gasteiger partial charge in [0, 0.05) is 24.4 Å². The lowest BCUT2D eigenvalue weighted by atomic mass is 10.1. The molecule has 0 saturated carbocycles. The van der Waals surface area contributed by atoms with Crippen LogP contribution in [0.5, 0.6) is 17.2 Å². The molecular weight excluding hydrogens is 410 g/mol. The SMILES string of the molecule is COc1cc(C(=O)N2CCc3oc(C(C)C)nc3C2)cc(OC)c1OCCCN.Cl. The van der Waals surface area contributed by atoms with E-state index in [2.05, 4.69) is 4.98 Å². The summed E-state index contributed by atoms with van der Waals surface area (Å²) in [7, 11) is 3.07. The molecule has 1 amide bonds. The molecule has 0 aliphatic carbocycles. The van der Waals surface area contributed by atoms with Gasteiger partial charge in [0.15, 0.2) is 17.4 Å². The number of hydrogen-bond acceptors (Lipinski definition) is 7. The molecule has 2 heterocycles. The van der Waals surface area contributed by atoms with Crippen LogP contribution in [0.3, 0.4) is 0 Å². The number of halogens is 1. The van der Waals surface area contributed by atoms with Crippen molar-refractivity contribution >= 4 is 18.3 Å². The van der Waals surface area contributed by atoms with Crippen molar-refractivity contribution in [2.45, 2.75) is 39.2 Å². The highest BCUT2D eigenvalue weighted by atomic mass is 35.5. The molecule has 166 valence electrons. The summed E-state index contributed by atoms with van der Waals surface area (Å²) >= 11 is 0. The highest BCUT2D eigenvalue weighted by Crippen LogP contribution is 2.39. The van der Waals surface area contributed by atoms with Gasteiger partial charge in [0.2, 0.25) is 5.75 Å². The molecule has 9 heteroatoms. The second kappa shape index (κ2) is 10.5. The van der Waals surface area contributed by atoms with Crippen LogP contribution in [-0.2, 0) is 13.0 Å². The van der Waals surface area contributed by atoms with Gasteiger partial charge >= 0.3 is 0 Å². The van der Waals surface area contributed by atoms with Gasteiger partial charge in [-0.3, -0.25) is 4.79 Å². The fourth-order valence-corrected chi connectivity index (χ4v) is 3.22. The van der Waals surface area contributed by atoms with Crippen molar-refractivity contribution in [1.29, 1.82) is 0 Å². The molecule has 1 aliphatic heterocycles. The molecule has 2 aromatic rings. The molecular formula is C21H30ClN3O5. The van der Waals surface area contributed by atoms with Gasteiger partial charge in [-0.15, -0.1) is 12.4 Å².